The SMILES string of the molecule is CC(C)(C)OC(=O)N[C@H](C#N)C[C@@H]1CC(OS(C)(=O)=O)NC1=O. The number of hydrogen-bond donors (Lipinski definition) is 2. The molecule has 10 heteroatoms. The van der Waals surface area contributed by atoms with E-state index in [1.54, 1.807) is 20.8 Å². The minimum atomic E-state index is -3.70. The zero-order valence-corrected chi connectivity index (χ0v) is 14.3. The maximum Gasteiger partial charge on any atom is 0.408 e. The van der Waals surface area contributed by atoms with Gasteiger partial charge in [0.15, 0.2) is 0 Å². The standard InChI is InChI=1S/C13H21N3O6S/c1-13(2,3)21-12(18)15-9(7-14)5-8-6-10(16-11(8)17)22-23(4,19)20/h8-10H,5-6H2,1-4H3,(H,15,18)(H,16,17)/t8-,9+,10?/m1/s1. The van der Waals surface area contributed by atoms with Crippen molar-refractivity contribution in [2.75, 3.05) is 6.26 Å². The van der Waals surface area contributed by atoms with Crippen LogP contribution in [0.25, 0.3) is 0 Å². The van der Waals surface area contributed by atoms with Gasteiger partial charge in [-0.05, 0) is 27.2 Å². The van der Waals surface area contributed by atoms with Crippen molar-refractivity contribution in [2.24, 2.45) is 5.92 Å². The Morgan fingerprint density at radius 2 is 2.13 bits per heavy atom. The largest absolute Gasteiger partial charge is 0.444 e. The van der Waals surface area contributed by atoms with E-state index >= 15 is 0 Å². The number of alkyl carbamates (subject to hydrolysis) is 1. The average molecular weight is 347 g/mol. The lowest BCUT2D eigenvalue weighted by atomic mass is 9.99. The van der Waals surface area contributed by atoms with Gasteiger partial charge in [0.1, 0.15) is 17.9 Å². The summed E-state index contributed by atoms with van der Waals surface area (Å²) in [7, 11) is -3.70. The molecule has 1 saturated heterocycles. The fraction of sp³-hybridized carbons (Fsp3) is 0.769. The third-order valence-corrected chi connectivity index (χ3v) is 3.41. The summed E-state index contributed by atoms with van der Waals surface area (Å²) in [6.45, 7) is 5.06. The summed E-state index contributed by atoms with van der Waals surface area (Å²) in [5.41, 5.74) is -0.705. The second-order valence-corrected chi connectivity index (χ2v) is 7.89. The van der Waals surface area contributed by atoms with E-state index in [0.29, 0.717) is 0 Å². The lowest BCUT2D eigenvalue weighted by Crippen LogP contribution is -2.40. The van der Waals surface area contributed by atoms with E-state index in [2.05, 4.69) is 10.6 Å². The molecular formula is C13H21N3O6S. The van der Waals surface area contributed by atoms with E-state index < -0.39 is 45.9 Å². The maximum absolute atomic E-state index is 11.8. The molecule has 0 aromatic carbocycles. The zero-order valence-electron chi connectivity index (χ0n) is 13.5. The highest BCUT2D eigenvalue weighted by molar-refractivity contribution is 7.86. The Bertz CT molecular complexity index is 604. The lowest BCUT2D eigenvalue weighted by molar-refractivity contribution is -0.123. The number of hydrogen-bond acceptors (Lipinski definition) is 7. The highest BCUT2D eigenvalue weighted by Crippen LogP contribution is 2.22. The van der Waals surface area contributed by atoms with Gasteiger partial charge in [-0.3, -0.25) is 4.79 Å². The van der Waals surface area contributed by atoms with Crippen LogP contribution in [0, 0.1) is 17.2 Å². The van der Waals surface area contributed by atoms with E-state index in [1.165, 1.54) is 0 Å². The normalized spacial score (nSPS) is 22.8. The minimum absolute atomic E-state index is 0.0329. The lowest BCUT2D eigenvalue weighted by Gasteiger charge is -2.21. The predicted molar refractivity (Wildman–Crippen MR) is 79.4 cm³/mol. The van der Waals surface area contributed by atoms with Crippen molar-refractivity contribution in [2.45, 2.75) is 51.5 Å². The number of carbonyl (C=O) groups is 2. The van der Waals surface area contributed by atoms with Crippen LogP contribution >= 0.6 is 0 Å². The van der Waals surface area contributed by atoms with Crippen LogP contribution < -0.4 is 10.6 Å². The van der Waals surface area contributed by atoms with Crippen molar-refractivity contribution in [1.29, 1.82) is 5.26 Å². The summed E-state index contributed by atoms with van der Waals surface area (Å²) in [5, 5.41) is 13.9. The first kappa shape index (κ1) is 19.2. The van der Waals surface area contributed by atoms with Crippen LogP contribution in [-0.2, 0) is 23.8 Å². The molecule has 0 bridgehead atoms. The molecule has 0 radical (unpaired) electrons. The molecule has 1 aliphatic rings. The summed E-state index contributed by atoms with van der Waals surface area (Å²) in [5.74, 6) is -1.06. The van der Waals surface area contributed by atoms with Gasteiger partial charge >= 0.3 is 6.09 Å². The van der Waals surface area contributed by atoms with E-state index in [-0.39, 0.29) is 12.8 Å². The van der Waals surface area contributed by atoms with Crippen LogP contribution in [0.4, 0.5) is 4.79 Å². The van der Waals surface area contributed by atoms with Gasteiger partial charge in [0.2, 0.25) is 5.91 Å². The quantitative estimate of drug-likeness (QED) is 0.680. The van der Waals surface area contributed by atoms with Crippen molar-refractivity contribution >= 4 is 22.1 Å². The Kier molecular flexibility index (Phi) is 5.96. The first-order valence-electron chi connectivity index (χ1n) is 6.97. The van der Waals surface area contributed by atoms with Crippen LogP contribution in [0.15, 0.2) is 0 Å². The number of nitrogens with zero attached hydrogens (tertiary/aromatic N) is 1. The van der Waals surface area contributed by atoms with E-state index in [0.717, 1.165) is 6.26 Å². The number of nitrogens with one attached hydrogen (secondary N) is 2. The van der Waals surface area contributed by atoms with Crippen molar-refractivity contribution in [3.63, 3.8) is 0 Å². The summed E-state index contributed by atoms with van der Waals surface area (Å²) < 4.78 is 31.9. The Hall–Kier alpha value is -1.86. The molecule has 1 rings (SSSR count). The molecule has 23 heavy (non-hydrogen) atoms. The van der Waals surface area contributed by atoms with Crippen molar-refractivity contribution in [3.8, 4) is 6.07 Å². The fourth-order valence-electron chi connectivity index (χ4n) is 2.06. The fourth-order valence-corrected chi connectivity index (χ4v) is 2.61. The first-order valence-corrected chi connectivity index (χ1v) is 8.79. The van der Waals surface area contributed by atoms with Gasteiger partial charge in [-0.2, -0.15) is 13.7 Å². The molecule has 130 valence electrons. The second-order valence-electron chi connectivity index (χ2n) is 6.29. The molecule has 1 heterocycles. The highest BCUT2D eigenvalue weighted by Gasteiger charge is 2.36. The number of rotatable bonds is 5. The summed E-state index contributed by atoms with van der Waals surface area (Å²) in [6, 6.07) is 0.945. The zero-order chi connectivity index (χ0) is 17.8. The van der Waals surface area contributed by atoms with E-state index in [9.17, 15) is 18.0 Å². The molecule has 1 unspecified atom stereocenters. The van der Waals surface area contributed by atoms with Crippen LogP contribution in [-0.4, -0.2) is 44.5 Å². The van der Waals surface area contributed by atoms with Crippen molar-refractivity contribution in [3.05, 3.63) is 0 Å². The van der Waals surface area contributed by atoms with Gasteiger partial charge in [0.25, 0.3) is 10.1 Å². The minimum Gasteiger partial charge on any atom is -0.444 e. The molecule has 9 nitrogen and oxygen atoms in total. The predicted octanol–water partition coefficient (Wildman–Crippen LogP) is 0.232. The molecule has 0 aliphatic carbocycles. The molecule has 0 saturated carbocycles. The monoisotopic (exact) mass is 347 g/mol. The molecular weight excluding hydrogens is 326 g/mol. The topological polar surface area (TPSA) is 135 Å². The third kappa shape index (κ3) is 7.30. The average Bonchev–Trinajstić information content (AvgIpc) is 2.63. The molecule has 1 fully saturated rings. The van der Waals surface area contributed by atoms with Gasteiger partial charge in [-0.25, -0.2) is 8.98 Å². The number of nitriles is 1. The molecule has 2 N–H and O–H groups in total. The van der Waals surface area contributed by atoms with Gasteiger partial charge in [-0.1, -0.05) is 0 Å². The molecule has 0 spiro atoms. The second kappa shape index (κ2) is 7.14. The highest BCUT2D eigenvalue weighted by atomic mass is 32.2. The van der Waals surface area contributed by atoms with Crippen LogP contribution in [0.1, 0.15) is 33.6 Å². The molecule has 1 aliphatic heterocycles. The van der Waals surface area contributed by atoms with Gasteiger partial charge in [-0.15, -0.1) is 0 Å². The van der Waals surface area contributed by atoms with E-state index in [1.807, 2.05) is 6.07 Å². The maximum atomic E-state index is 11.8. The first-order chi connectivity index (χ1) is 10.4. The van der Waals surface area contributed by atoms with Gasteiger partial charge in [0.05, 0.1) is 12.3 Å². The van der Waals surface area contributed by atoms with Crippen LogP contribution in [0.2, 0.25) is 0 Å². The van der Waals surface area contributed by atoms with Crippen molar-refractivity contribution < 1.29 is 26.9 Å². The molecule has 3 atom stereocenters. The third-order valence-electron chi connectivity index (χ3n) is 2.83. The smallest absolute Gasteiger partial charge is 0.408 e. The summed E-state index contributed by atoms with van der Waals surface area (Å²) in [6.07, 6.45) is -0.699. The Morgan fingerprint density at radius 3 is 2.61 bits per heavy atom. The molecule has 0 aromatic rings. The number of ether oxygens (including phenoxy) is 1. The summed E-state index contributed by atoms with van der Waals surface area (Å²) >= 11 is 0. The van der Waals surface area contributed by atoms with Gasteiger partial charge < -0.3 is 15.4 Å². The van der Waals surface area contributed by atoms with Gasteiger partial charge in [0, 0.05) is 12.3 Å². The van der Waals surface area contributed by atoms with Crippen molar-refractivity contribution in [1.82, 2.24) is 10.6 Å². The number of amides is 2. The van der Waals surface area contributed by atoms with Crippen LogP contribution in [0.3, 0.4) is 0 Å². The number of carbonyl (C=O) groups excluding carboxylic acids is 2. The van der Waals surface area contributed by atoms with E-state index in [4.69, 9.17) is 14.2 Å². The molecule has 2 amide bonds. The molecule has 0 aromatic heterocycles. The Labute approximate surface area is 135 Å². The Balaban J connectivity index is 2.58. The van der Waals surface area contributed by atoms with Crippen LogP contribution in [0.5, 0.6) is 0 Å². The summed E-state index contributed by atoms with van der Waals surface area (Å²) in [4.78, 5) is 23.4. The Morgan fingerprint density at radius 1 is 1.52 bits per heavy atom.